The van der Waals surface area contributed by atoms with Crippen molar-refractivity contribution in [3.63, 3.8) is 0 Å². The number of benzene rings is 1. The fourth-order valence-electron chi connectivity index (χ4n) is 2.77. The largest absolute Gasteiger partial charge is 0.392 e. The molecule has 88 valence electrons. The summed E-state index contributed by atoms with van der Waals surface area (Å²) in [6.45, 7) is 2.13. The summed E-state index contributed by atoms with van der Waals surface area (Å²) in [5, 5.41) is 10.2. The first-order valence-corrected chi connectivity index (χ1v) is 6.50. The lowest BCUT2D eigenvalue weighted by atomic mass is 9.88. The van der Waals surface area contributed by atoms with Gasteiger partial charge in [-0.05, 0) is 17.9 Å². The summed E-state index contributed by atoms with van der Waals surface area (Å²) in [4.78, 5) is 0. The molecule has 1 saturated carbocycles. The summed E-state index contributed by atoms with van der Waals surface area (Å²) >= 11 is 0. The van der Waals surface area contributed by atoms with Gasteiger partial charge in [0.2, 0.25) is 0 Å². The normalized spacial score (nSPS) is 20.9. The molecule has 1 aromatic carbocycles. The third kappa shape index (κ3) is 2.85. The van der Waals surface area contributed by atoms with Gasteiger partial charge in [-0.3, -0.25) is 0 Å². The molecular weight excluding hydrogens is 196 g/mol. The molecule has 0 heterocycles. The van der Waals surface area contributed by atoms with Gasteiger partial charge in [0.15, 0.2) is 0 Å². The van der Waals surface area contributed by atoms with Crippen molar-refractivity contribution < 1.29 is 5.11 Å². The molecule has 0 amide bonds. The van der Waals surface area contributed by atoms with Crippen LogP contribution in [0, 0.1) is 5.92 Å². The molecule has 2 atom stereocenters. The van der Waals surface area contributed by atoms with Crippen LogP contribution in [-0.4, -0.2) is 11.2 Å². The van der Waals surface area contributed by atoms with Crippen LogP contribution in [-0.2, 0) is 0 Å². The molecule has 1 nitrogen and oxygen atoms in total. The number of aliphatic hydroxyl groups excluding tert-OH is 1. The predicted octanol–water partition coefficient (Wildman–Crippen LogP) is 3.73. The van der Waals surface area contributed by atoms with Gasteiger partial charge in [-0.2, -0.15) is 0 Å². The monoisotopic (exact) mass is 218 g/mol. The Bertz CT molecular complexity index is 300. The maximum absolute atomic E-state index is 10.2. The molecule has 2 rings (SSSR count). The van der Waals surface area contributed by atoms with E-state index >= 15 is 0 Å². The van der Waals surface area contributed by atoms with Crippen molar-refractivity contribution in [2.24, 2.45) is 5.92 Å². The zero-order valence-electron chi connectivity index (χ0n) is 10.1. The number of rotatable bonds is 4. The minimum absolute atomic E-state index is 0.175. The highest BCUT2D eigenvalue weighted by Gasteiger charge is 2.23. The van der Waals surface area contributed by atoms with Crippen LogP contribution in [0.2, 0.25) is 0 Å². The van der Waals surface area contributed by atoms with Crippen molar-refractivity contribution in [1.29, 1.82) is 0 Å². The van der Waals surface area contributed by atoms with Gasteiger partial charge < -0.3 is 5.11 Å². The summed E-state index contributed by atoms with van der Waals surface area (Å²) in [7, 11) is 0. The molecule has 2 unspecified atom stereocenters. The number of aliphatic hydroxyl groups is 1. The Balaban J connectivity index is 1.91. The van der Waals surface area contributed by atoms with Crippen molar-refractivity contribution in [2.45, 2.75) is 51.0 Å². The molecule has 1 aliphatic rings. The minimum atomic E-state index is -0.175. The van der Waals surface area contributed by atoms with Crippen LogP contribution < -0.4 is 0 Å². The van der Waals surface area contributed by atoms with Gasteiger partial charge in [0.1, 0.15) is 0 Å². The Kier molecular flexibility index (Phi) is 4.00. The Labute approximate surface area is 98.5 Å². The highest BCUT2D eigenvalue weighted by molar-refractivity contribution is 5.19. The highest BCUT2D eigenvalue weighted by atomic mass is 16.3. The van der Waals surface area contributed by atoms with E-state index in [-0.39, 0.29) is 12.0 Å². The standard InChI is InChI=1S/C15H22O/c1-12(14-9-3-2-4-10-14)15(16)11-13-7-5-6-8-13/h2-4,9-10,12-13,15-16H,5-8,11H2,1H3. The lowest BCUT2D eigenvalue weighted by Gasteiger charge is -2.22. The molecule has 0 aliphatic heterocycles. The first-order chi connectivity index (χ1) is 7.77. The first kappa shape index (κ1) is 11.7. The second-order valence-electron chi connectivity index (χ2n) is 5.15. The Morgan fingerprint density at radius 2 is 1.81 bits per heavy atom. The average molecular weight is 218 g/mol. The lowest BCUT2D eigenvalue weighted by Crippen LogP contribution is -2.19. The van der Waals surface area contributed by atoms with E-state index in [1.165, 1.54) is 31.2 Å². The summed E-state index contributed by atoms with van der Waals surface area (Å²) in [5.41, 5.74) is 1.26. The van der Waals surface area contributed by atoms with Crippen LogP contribution >= 0.6 is 0 Å². The van der Waals surface area contributed by atoms with Gasteiger partial charge in [-0.1, -0.05) is 62.9 Å². The maximum Gasteiger partial charge on any atom is 0.0608 e. The third-order valence-corrected chi connectivity index (χ3v) is 3.95. The SMILES string of the molecule is CC(c1ccccc1)C(O)CC1CCCC1. The van der Waals surface area contributed by atoms with Crippen molar-refractivity contribution in [3.8, 4) is 0 Å². The van der Waals surface area contributed by atoms with Gasteiger partial charge in [0.25, 0.3) is 0 Å². The number of hydrogen-bond donors (Lipinski definition) is 1. The summed E-state index contributed by atoms with van der Waals surface area (Å²) in [5.74, 6) is 1.03. The smallest absolute Gasteiger partial charge is 0.0608 e. The fraction of sp³-hybridized carbons (Fsp3) is 0.600. The lowest BCUT2D eigenvalue weighted by molar-refractivity contribution is 0.120. The molecule has 1 aromatic rings. The molecule has 0 bridgehead atoms. The van der Waals surface area contributed by atoms with Crippen LogP contribution in [0.1, 0.15) is 50.5 Å². The Morgan fingerprint density at radius 1 is 1.19 bits per heavy atom. The summed E-state index contributed by atoms with van der Waals surface area (Å²) < 4.78 is 0. The van der Waals surface area contributed by atoms with E-state index in [2.05, 4.69) is 19.1 Å². The van der Waals surface area contributed by atoms with Crippen molar-refractivity contribution in [3.05, 3.63) is 35.9 Å². The van der Waals surface area contributed by atoms with Crippen LogP contribution in [0.3, 0.4) is 0 Å². The van der Waals surface area contributed by atoms with E-state index in [1.54, 1.807) is 0 Å². The zero-order valence-corrected chi connectivity index (χ0v) is 10.1. The quantitative estimate of drug-likeness (QED) is 0.816. The van der Waals surface area contributed by atoms with Gasteiger partial charge >= 0.3 is 0 Å². The second kappa shape index (κ2) is 5.49. The summed E-state index contributed by atoms with van der Waals surface area (Å²) in [6.07, 6.45) is 6.16. The topological polar surface area (TPSA) is 20.2 Å². The maximum atomic E-state index is 10.2. The van der Waals surface area contributed by atoms with Crippen molar-refractivity contribution in [2.75, 3.05) is 0 Å². The molecule has 0 aromatic heterocycles. The second-order valence-corrected chi connectivity index (χ2v) is 5.15. The summed E-state index contributed by atoms with van der Waals surface area (Å²) in [6, 6.07) is 10.4. The third-order valence-electron chi connectivity index (χ3n) is 3.95. The van der Waals surface area contributed by atoms with Gasteiger partial charge in [-0.15, -0.1) is 0 Å². The first-order valence-electron chi connectivity index (χ1n) is 6.50. The average Bonchev–Trinajstić information content (AvgIpc) is 2.82. The molecule has 0 radical (unpaired) electrons. The Hall–Kier alpha value is -0.820. The van der Waals surface area contributed by atoms with Gasteiger partial charge in [0.05, 0.1) is 6.10 Å². The van der Waals surface area contributed by atoms with E-state index in [1.807, 2.05) is 18.2 Å². The molecule has 1 fully saturated rings. The van der Waals surface area contributed by atoms with E-state index in [9.17, 15) is 5.11 Å². The van der Waals surface area contributed by atoms with Crippen LogP contribution in [0.4, 0.5) is 0 Å². The van der Waals surface area contributed by atoms with Gasteiger partial charge in [0, 0.05) is 5.92 Å². The van der Waals surface area contributed by atoms with Crippen LogP contribution in [0.5, 0.6) is 0 Å². The molecule has 0 spiro atoms. The van der Waals surface area contributed by atoms with Crippen LogP contribution in [0.25, 0.3) is 0 Å². The van der Waals surface area contributed by atoms with Gasteiger partial charge in [-0.25, -0.2) is 0 Å². The number of hydrogen-bond acceptors (Lipinski definition) is 1. The fourth-order valence-corrected chi connectivity index (χ4v) is 2.77. The molecule has 1 aliphatic carbocycles. The molecule has 16 heavy (non-hydrogen) atoms. The van der Waals surface area contributed by atoms with E-state index in [0.29, 0.717) is 0 Å². The molecular formula is C15H22O. The zero-order chi connectivity index (χ0) is 11.4. The predicted molar refractivity (Wildman–Crippen MR) is 67.4 cm³/mol. The Morgan fingerprint density at radius 3 is 2.44 bits per heavy atom. The van der Waals surface area contributed by atoms with Crippen molar-refractivity contribution in [1.82, 2.24) is 0 Å². The molecule has 1 heteroatoms. The molecule has 0 saturated heterocycles. The van der Waals surface area contributed by atoms with E-state index in [0.717, 1.165) is 12.3 Å². The molecule has 1 N–H and O–H groups in total. The highest BCUT2D eigenvalue weighted by Crippen LogP contribution is 2.32. The van der Waals surface area contributed by atoms with Crippen LogP contribution in [0.15, 0.2) is 30.3 Å². The van der Waals surface area contributed by atoms with E-state index in [4.69, 9.17) is 0 Å². The van der Waals surface area contributed by atoms with E-state index < -0.39 is 0 Å². The van der Waals surface area contributed by atoms with Crippen molar-refractivity contribution >= 4 is 0 Å². The minimum Gasteiger partial charge on any atom is -0.392 e.